The first-order valence-corrected chi connectivity index (χ1v) is 15.7. The molecule has 222 valence electrons. The summed E-state index contributed by atoms with van der Waals surface area (Å²) in [5, 5.41) is 10.6. The summed E-state index contributed by atoms with van der Waals surface area (Å²) in [6, 6.07) is 8.23. The van der Waals surface area contributed by atoms with Gasteiger partial charge in [0, 0.05) is 30.3 Å². The van der Waals surface area contributed by atoms with E-state index in [0.717, 1.165) is 32.1 Å². The number of ether oxygens (including phenoxy) is 1. The minimum atomic E-state index is -4.16. The Morgan fingerprint density at radius 2 is 2.07 bits per heavy atom. The fourth-order valence-electron chi connectivity index (χ4n) is 5.51. The molecule has 10 nitrogen and oxygen atoms in total. The van der Waals surface area contributed by atoms with E-state index in [0.29, 0.717) is 17.7 Å². The topological polar surface area (TPSA) is 152 Å². The lowest BCUT2D eigenvalue weighted by Crippen LogP contribution is -2.20. The van der Waals surface area contributed by atoms with Gasteiger partial charge in [-0.2, -0.15) is 8.42 Å². The molecular formula is C31H35N3O7S. The number of allylic oxidation sites excluding steroid dienone is 4. The highest BCUT2D eigenvalue weighted by Gasteiger charge is 2.38. The minimum absolute atomic E-state index is 0.00194. The number of imidazole rings is 1. The van der Waals surface area contributed by atoms with E-state index >= 15 is 0 Å². The van der Waals surface area contributed by atoms with Gasteiger partial charge in [0.2, 0.25) is 5.16 Å². The fraction of sp³-hybridized carbons (Fsp3) is 0.387. The Morgan fingerprint density at radius 3 is 2.74 bits per heavy atom. The number of sulfonamides is 1. The van der Waals surface area contributed by atoms with Crippen molar-refractivity contribution >= 4 is 21.7 Å². The van der Waals surface area contributed by atoms with Crippen LogP contribution in [0, 0.1) is 11.3 Å². The lowest BCUT2D eigenvalue weighted by atomic mass is 9.75. The van der Waals surface area contributed by atoms with Gasteiger partial charge in [0.1, 0.15) is 11.5 Å². The molecule has 1 fully saturated rings. The summed E-state index contributed by atoms with van der Waals surface area (Å²) < 4.78 is 39.1. The summed E-state index contributed by atoms with van der Waals surface area (Å²) in [4.78, 5) is 31.5. The van der Waals surface area contributed by atoms with Gasteiger partial charge in [-0.1, -0.05) is 43.4 Å². The third kappa shape index (κ3) is 6.35. The van der Waals surface area contributed by atoms with Crippen molar-refractivity contribution in [1.29, 1.82) is 0 Å². The molecule has 2 aromatic heterocycles. The average molecular weight is 594 g/mol. The molecule has 3 aromatic rings. The van der Waals surface area contributed by atoms with Crippen LogP contribution < -0.4 is 10.3 Å². The molecule has 3 N–H and O–H groups in total. The number of hydrogen-bond acceptors (Lipinski definition) is 8. The standard InChI is InChI=1S/C31H35N3O7S/c1-3-31(14-6-5-7-15-31)16-13-23-18-25(35)27(29(37)41-23)26(20-11-12-20)21-9-8-10-22(17-21)34-42(38,39)30-32-19-24(33-30)28(36)40-4-2/h5-10,14,17-20,26,34-35H,3-4,11-13,15-16H2,1-2H3,(H,32,33). The molecule has 0 aliphatic heterocycles. The number of aryl methyl sites for hydroxylation is 1. The predicted molar refractivity (Wildman–Crippen MR) is 157 cm³/mol. The van der Waals surface area contributed by atoms with Gasteiger partial charge in [0.25, 0.3) is 10.0 Å². The fourth-order valence-corrected chi connectivity index (χ4v) is 6.47. The van der Waals surface area contributed by atoms with Gasteiger partial charge >= 0.3 is 11.6 Å². The van der Waals surface area contributed by atoms with Crippen LogP contribution in [0.25, 0.3) is 0 Å². The van der Waals surface area contributed by atoms with Crippen molar-refractivity contribution < 1.29 is 27.5 Å². The molecule has 2 aliphatic carbocycles. The SMILES string of the molecule is CCOC(=O)c1c[nH]c(S(=O)(=O)Nc2cccc(C(c3c(O)cc(CCC4(CC)C=CC=CC4)oc3=O)C3CC3)c2)n1. The number of nitrogens with zero attached hydrogens (tertiary/aromatic N) is 1. The van der Waals surface area contributed by atoms with Crippen molar-refractivity contribution in [2.75, 3.05) is 11.3 Å². The molecule has 5 rings (SSSR count). The first-order valence-electron chi connectivity index (χ1n) is 14.2. The normalized spacial score (nSPS) is 19.0. The largest absolute Gasteiger partial charge is 0.507 e. The number of anilines is 1. The van der Waals surface area contributed by atoms with E-state index < -0.39 is 32.7 Å². The van der Waals surface area contributed by atoms with E-state index in [9.17, 15) is 23.1 Å². The van der Waals surface area contributed by atoms with Crippen LogP contribution in [0.15, 0.2) is 75.2 Å². The van der Waals surface area contributed by atoms with Crippen LogP contribution in [0.4, 0.5) is 5.69 Å². The lowest BCUT2D eigenvalue weighted by Gasteiger charge is -2.30. The summed E-state index contributed by atoms with van der Waals surface area (Å²) in [6.07, 6.45) is 14.5. The van der Waals surface area contributed by atoms with Crippen LogP contribution in [0.3, 0.4) is 0 Å². The van der Waals surface area contributed by atoms with Gasteiger partial charge in [0.15, 0.2) is 5.69 Å². The van der Waals surface area contributed by atoms with Crippen molar-refractivity contribution in [2.45, 2.75) is 63.4 Å². The maximum atomic E-state index is 13.3. The first-order chi connectivity index (χ1) is 20.1. The molecule has 2 aliphatic rings. The highest BCUT2D eigenvalue weighted by atomic mass is 32.2. The quantitative estimate of drug-likeness (QED) is 0.235. The van der Waals surface area contributed by atoms with Crippen LogP contribution in [-0.4, -0.2) is 36.1 Å². The Balaban J connectivity index is 1.37. The maximum absolute atomic E-state index is 13.3. The molecule has 0 saturated heterocycles. The molecule has 0 amide bonds. The molecule has 1 aromatic carbocycles. The van der Waals surface area contributed by atoms with Crippen molar-refractivity contribution in [3.63, 3.8) is 0 Å². The number of hydrogen-bond donors (Lipinski definition) is 3. The summed E-state index contributed by atoms with van der Waals surface area (Å²) in [5.74, 6) is -0.769. The number of rotatable bonds is 12. The van der Waals surface area contributed by atoms with E-state index in [1.165, 1.54) is 6.20 Å². The van der Waals surface area contributed by atoms with Gasteiger partial charge in [-0.05, 0) is 68.1 Å². The monoisotopic (exact) mass is 593 g/mol. The van der Waals surface area contributed by atoms with Crippen molar-refractivity contribution in [3.05, 3.63) is 93.8 Å². The number of nitrogens with one attached hydrogen (secondary N) is 2. The summed E-state index contributed by atoms with van der Waals surface area (Å²) in [5.41, 5.74) is 0.358. The number of carbonyl (C=O) groups excluding carboxylic acids is 1. The Bertz CT molecular complexity index is 1680. The third-order valence-corrected chi connectivity index (χ3v) is 9.23. The summed E-state index contributed by atoms with van der Waals surface area (Å²) >= 11 is 0. The highest BCUT2D eigenvalue weighted by Crippen LogP contribution is 2.48. The van der Waals surface area contributed by atoms with E-state index in [1.807, 2.05) is 12.2 Å². The third-order valence-electron chi connectivity index (χ3n) is 8.01. The van der Waals surface area contributed by atoms with Crippen molar-refractivity contribution in [1.82, 2.24) is 9.97 Å². The molecule has 1 saturated carbocycles. The molecule has 11 heteroatoms. The zero-order valence-corrected chi connectivity index (χ0v) is 24.4. The second-order valence-corrected chi connectivity index (χ2v) is 12.5. The highest BCUT2D eigenvalue weighted by molar-refractivity contribution is 7.92. The van der Waals surface area contributed by atoms with Crippen LogP contribution in [-0.2, 0) is 21.2 Å². The molecule has 0 radical (unpaired) electrons. The van der Waals surface area contributed by atoms with Crippen molar-refractivity contribution in [2.24, 2.45) is 11.3 Å². The van der Waals surface area contributed by atoms with E-state index in [2.05, 4.69) is 33.8 Å². The molecule has 2 heterocycles. The van der Waals surface area contributed by atoms with E-state index in [4.69, 9.17) is 9.15 Å². The van der Waals surface area contributed by atoms with Gasteiger partial charge in [-0.25, -0.2) is 14.6 Å². The number of H-pyrrole nitrogens is 1. The number of esters is 1. The van der Waals surface area contributed by atoms with Gasteiger partial charge in [-0.15, -0.1) is 0 Å². The predicted octanol–water partition coefficient (Wildman–Crippen LogP) is 5.43. The van der Waals surface area contributed by atoms with Crippen molar-refractivity contribution in [3.8, 4) is 5.75 Å². The molecule has 42 heavy (non-hydrogen) atoms. The number of aromatic hydroxyl groups is 1. The Hall–Kier alpha value is -4.12. The summed E-state index contributed by atoms with van der Waals surface area (Å²) in [6.45, 7) is 3.91. The first kappa shape index (κ1) is 29.4. The van der Waals surface area contributed by atoms with Crippen LogP contribution in [0.2, 0.25) is 0 Å². The molecular weight excluding hydrogens is 558 g/mol. The van der Waals surface area contributed by atoms with Gasteiger partial charge < -0.3 is 19.2 Å². The minimum Gasteiger partial charge on any atom is -0.507 e. The lowest BCUT2D eigenvalue weighted by molar-refractivity contribution is 0.0519. The smallest absolute Gasteiger partial charge is 0.358 e. The molecule has 0 spiro atoms. The number of aromatic nitrogens is 2. The zero-order chi connectivity index (χ0) is 29.9. The van der Waals surface area contributed by atoms with E-state index in [1.54, 1.807) is 37.3 Å². The number of benzene rings is 1. The van der Waals surface area contributed by atoms with Gasteiger partial charge in [0.05, 0.1) is 12.2 Å². The second-order valence-electron chi connectivity index (χ2n) is 10.9. The number of carbonyl (C=O) groups is 1. The van der Waals surface area contributed by atoms with E-state index in [-0.39, 0.29) is 40.6 Å². The molecule has 2 unspecified atom stereocenters. The van der Waals surface area contributed by atoms with Gasteiger partial charge in [-0.3, -0.25) is 4.72 Å². The maximum Gasteiger partial charge on any atom is 0.358 e. The number of aromatic amines is 1. The second kappa shape index (κ2) is 12.0. The van der Waals surface area contributed by atoms with Crippen LogP contribution >= 0.6 is 0 Å². The zero-order valence-electron chi connectivity index (χ0n) is 23.6. The Morgan fingerprint density at radius 1 is 1.26 bits per heavy atom. The Kier molecular flexibility index (Phi) is 8.40. The average Bonchev–Trinajstić information content (AvgIpc) is 3.67. The van der Waals surface area contributed by atoms with Crippen LogP contribution in [0.1, 0.15) is 79.2 Å². The Labute approximate surface area is 244 Å². The van der Waals surface area contributed by atoms with Crippen LogP contribution in [0.5, 0.6) is 5.75 Å². The molecule has 2 atom stereocenters. The summed E-state index contributed by atoms with van der Waals surface area (Å²) in [7, 11) is -4.16. The molecule has 0 bridgehead atoms.